The predicted octanol–water partition coefficient (Wildman–Crippen LogP) is 3.23. The van der Waals surface area contributed by atoms with Crippen LogP contribution in [0.2, 0.25) is 5.02 Å². The number of hydrogen-bond acceptors (Lipinski definition) is 2. The van der Waals surface area contributed by atoms with Gasteiger partial charge in [0.2, 0.25) is 0 Å². The molecule has 19 heavy (non-hydrogen) atoms. The summed E-state index contributed by atoms with van der Waals surface area (Å²) in [6.07, 6.45) is 0. The number of nitrogens with two attached hydrogens (primary N) is 1. The molecule has 0 aliphatic rings. The zero-order valence-electron chi connectivity index (χ0n) is 9.89. The highest BCUT2D eigenvalue weighted by Gasteiger charge is 2.10. The van der Waals surface area contributed by atoms with E-state index >= 15 is 0 Å². The maximum atomic E-state index is 12.1. The Hall–Kier alpha value is -1.91. The molecule has 0 unspecified atom stereocenters. The monoisotopic (exact) mass is 290 g/mol. The standard InChI is InChI=1S/C14H11ClN2OS/c15-12-7-2-1-6-11(12)14(18)17-10-5-3-4-9(8-10)13(16)19/h1-8H,(H2,16,19)(H,17,18). The summed E-state index contributed by atoms with van der Waals surface area (Å²) in [4.78, 5) is 12.3. The highest BCUT2D eigenvalue weighted by Crippen LogP contribution is 2.17. The summed E-state index contributed by atoms with van der Waals surface area (Å²) in [5, 5.41) is 3.16. The van der Waals surface area contributed by atoms with Gasteiger partial charge in [0, 0.05) is 11.3 Å². The first kappa shape index (κ1) is 13.5. The first-order valence-electron chi connectivity index (χ1n) is 5.53. The van der Waals surface area contributed by atoms with Crippen molar-refractivity contribution in [1.82, 2.24) is 0 Å². The van der Waals surface area contributed by atoms with Crippen LogP contribution in [-0.4, -0.2) is 10.9 Å². The number of halogens is 1. The van der Waals surface area contributed by atoms with E-state index in [2.05, 4.69) is 5.32 Å². The highest BCUT2D eigenvalue weighted by atomic mass is 35.5. The predicted molar refractivity (Wildman–Crippen MR) is 81.7 cm³/mol. The molecule has 2 rings (SSSR count). The first-order valence-corrected chi connectivity index (χ1v) is 6.32. The number of nitrogens with one attached hydrogen (secondary N) is 1. The number of benzene rings is 2. The van der Waals surface area contributed by atoms with Gasteiger partial charge in [0.25, 0.3) is 5.91 Å². The van der Waals surface area contributed by atoms with Gasteiger partial charge in [-0.25, -0.2) is 0 Å². The summed E-state index contributed by atoms with van der Waals surface area (Å²) in [5.41, 5.74) is 7.29. The number of anilines is 1. The molecule has 0 aromatic heterocycles. The smallest absolute Gasteiger partial charge is 0.257 e. The summed E-state index contributed by atoms with van der Waals surface area (Å²) in [7, 11) is 0. The van der Waals surface area contributed by atoms with E-state index in [0.717, 1.165) is 0 Å². The van der Waals surface area contributed by atoms with Crippen molar-refractivity contribution in [1.29, 1.82) is 0 Å². The van der Waals surface area contributed by atoms with Gasteiger partial charge in [0.05, 0.1) is 10.6 Å². The highest BCUT2D eigenvalue weighted by molar-refractivity contribution is 7.80. The summed E-state index contributed by atoms with van der Waals surface area (Å²) < 4.78 is 0. The molecular formula is C14H11ClN2OS. The minimum absolute atomic E-state index is 0.273. The Balaban J connectivity index is 2.22. The molecule has 96 valence electrons. The van der Waals surface area contributed by atoms with E-state index in [9.17, 15) is 4.79 Å². The summed E-state index contributed by atoms with van der Waals surface area (Å²) >= 11 is 10.9. The van der Waals surface area contributed by atoms with Crippen LogP contribution in [0.3, 0.4) is 0 Å². The third-order valence-corrected chi connectivity index (χ3v) is 3.09. The molecule has 0 heterocycles. The lowest BCUT2D eigenvalue weighted by molar-refractivity contribution is 0.102. The maximum Gasteiger partial charge on any atom is 0.257 e. The summed E-state index contributed by atoms with van der Waals surface area (Å²) in [5.74, 6) is -0.273. The lowest BCUT2D eigenvalue weighted by Gasteiger charge is -2.08. The van der Waals surface area contributed by atoms with E-state index < -0.39 is 0 Å². The summed E-state index contributed by atoms with van der Waals surface area (Å²) in [6.45, 7) is 0. The number of hydrogen-bond donors (Lipinski definition) is 2. The molecule has 0 saturated carbocycles. The first-order chi connectivity index (χ1) is 9.08. The second-order valence-electron chi connectivity index (χ2n) is 3.88. The number of rotatable bonds is 3. The average Bonchev–Trinajstić information content (AvgIpc) is 2.39. The van der Waals surface area contributed by atoms with Crippen LogP contribution in [-0.2, 0) is 0 Å². The van der Waals surface area contributed by atoms with Crippen molar-refractivity contribution >= 4 is 40.4 Å². The minimum Gasteiger partial charge on any atom is -0.389 e. The zero-order chi connectivity index (χ0) is 13.8. The van der Waals surface area contributed by atoms with Gasteiger partial charge in [-0.05, 0) is 24.3 Å². The van der Waals surface area contributed by atoms with Crippen LogP contribution in [0.5, 0.6) is 0 Å². The number of amides is 1. The van der Waals surface area contributed by atoms with Crippen LogP contribution in [0.1, 0.15) is 15.9 Å². The molecule has 1 amide bonds. The van der Waals surface area contributed by atoms with E-state index in [1.165, 1.54) is 0 Å². The molecule has 0 radical (unpaired) electrons. The van der Waals surface area contributed by atoms with Crippen LogP contribution in [0.4, 0.5) is 5.69 Å². The average molecular weight is 291 g/mol. The molecule has 3 nitrogen and oxygen atoms in total. The van der Waals surface area contributed by atoms with E-state index in [-0.39, 0.29) is 10.9 Å². The van der Waals surface area contributed by atoms with Crippen molar-refractivity contribution in [3.8, 4) is 0 Å². The van der Waals surface area contributed by atoms with Crippen LogP contribution < -0.4 is 11.1 Å². The molecule has 0 aliphatic carbocycles. The normalized spacial score (nSPS) is 9.95. The number of thiocarbonyl (C=S) groups is 1. The molecule has 0 spiro atoms. The second kappa shape index (κ2) is 5.82. The molecule has 2 aromatic carbocycles. The van der Waals surface area contributed by atoms with E-state index in [1.807, 2.05) is 0 Å². The number of carbonyl (C=O) groups excluding carboxylic acids is 1. The fraction of sp³-hybridized carbons (Fsp3) is 0. The number of carbonyl (C=O) groups is 1. The van der Waals surface area contributed by atoms with Gasteiger partial charge in [0.1, 0.15) is 4.99 Å². The van der Waals surface area contributed by atoms with Gasteiger partial charge in [-0.1, -0.05) is 48.1 Å². The molecule has 3 N–H and O–H groups in total. The van der Waals surface area contributed by atoms with Crippen molar-refractivity contribution in [2.45, 2.75) is 0 Å². The van der Waals surface area contributed by atoms with E-state index in [1.54, 1.807) is 48.5 Å². The quantitative estimate of drug-likeness (QED) is 0.853. The van der Waals surface area contributed by atoms with Gasteiger partial charge >= 0.3 is 0 Å². The van der Waals surface area contributed by atoms with Crippen LogP contribution >= 0.6 is 23.8 Å². The third kappa shape index (κ3) is 3.30. The Bertz CT molecular complexity index is 643. The fourth-order valence-corrected chi connectivity index (χ4v) is 1.94. The Labute approximate surface area is 121 Å². The third-order valence-electron chi connectivity index (χ3n) is 2.52. The van der Waals surface area contributed by atoms with Crippen LogP contribution in [0, 0.1) is 0 Å². The van der Waals surface area contributed by atoms with Crippen LogP contribution in [0.25, 0.3) is 0 Å². The molecule has 2 aromatic rings. The van der Waals surface area contributed by atoms with Gasteiger partial charge in [-0.3, -0.25) is 4.79 Å². The Morgan fingerprint density at radius 1 is 1.16 bits per heavy atom. The lowest BCUT2D eigenvalue weighted by Crippen LogP contribution is -2.14. The summed E-state index contributed by atoms with van der Waals surface area (Å²) in [6, 6.07) is 13.9. The molecule has 0 bridgehead atoms. The molecule has 0 atom stereocenters. The molecule has 0 aliphatic heterocycles. The van der Waals surface area contributed by atoms with E-state index in [0.29, 0.717) is 21.8 Å². The van der Waals surface area contributed by atoms with Crippen molar-refractivity contribution in [3.63, 3.8) is 0 Å². The molecular weight excluding hydrogens is 280 g/mol. The van der Waals surface area contributed by atoms with Crippen molar-refractivity contribution in [3.05, 3.63) is 64.7 Å². The lowest BCUT2D eigenvalue weighted by atomic mass is 10.1. The second-order valence-corrected chi connectivity index (χ2v) is 4.73. The Morgan fingerprint density at radius 3 is 2.58 bits per heavy atom. The Kier molecular flexibility index (Phi) is 4.14. The fourth-order valence-electron chi connectivity index (χ4n) is 1.59. The maximum absolute atomic E-state index is 12.1. The molecule has 0 saturated heterocycles. The topological polar surface area (TPSA) is 55.1 Å². The minimum atomic E-state index is -0.273. The van der Waals surface area contributed by atoms with Gasteiger partial charge in [0.15, 0.2) is 0 Å². The van der Waals surface area contributed by atoms with E-state index in [4.69, 9.17) is 29.6 Å². The zero-order valence-corrected chi connectivity index (χ0v) is 11.5. The van der Waals surface area contributed by atoms with Gasteiger partial charge < -0.3 is 11.1 Å². The van der Waals surface area contributed by atoms with Crippen LogP contribution in [0.15, 0.2) is 48.5 Å². The molecule has 5 heteroatoms. The van der Waals surface area contributed by atoms with Crippen molar-refractivity contribution in [2.24, 2.45) is 5.73 Å². The SMILES string of the molecule is NC(=S)c1cccc(NC(=O)c2ccccc2Cl)c1. The van der Waals surface area contributed by atoms with Gasteiger partial charge in [-0.15, -0.1) is 0 Å². The van der Waals surface area contributed by atoms with Crippen molar-refractivity contribution < 1.29 is 4.79 Å². The molecule has 0 fully saturated rings. The van der Waals surface area contributed by atoms with Gasteiger partial charge in [-0.2, -0.15) is 0 Å². The Morgan fingerprint density at radius 2 is 1.89 bits per heavy atom. The largest absolute Gasteiger partial charge is 0.389 e. The van der Waals surface area contributed by atoms with Crippen molar-refractivity contribution in [2.75, 3.05) is 5.32 Å².